The lowest BCUT2D eigenvalue weighted by atomic mass is 10.0. The smallest absolute Gasteiger partial charge is 0.108 e. The van der Waals surface area contributed by atoms with Gasteiger partial charge in [0.1, 0.15) is 5.69 Å². The molecule has 1 fully saturated rings. The normalized spacial score (nSPS) is 14.7. The lowest BCUT2D eigenvalue weighted by molar-refractivity contribution is -0.00646. The number of nitrogens with one attached hydrogen (secondary N) is 1. The summed E-state index contributed by atoms with van der Waals surface area (Å²) in [5, 5.41) is 11.8. The van der Waals surface area contributed by atoms with Gasteiger partial charge in [-0.3, -0.25) is 4.90 Å². The zero-order chi connectivity index (χ0) is 24.0. The molecule has 3 rings (SSSR count). The highest BCUT2D eigenvalue weighted by atomic mass is 16.6. The minimum absolute atomic E-state index is 0.428. The summed E-state index contributed by atoms with van der Waals surface area (Å²) in [4.78, 5) is 2.42. The summed E-state index contributed by atoms with van der Waals surface area (Å²) >= 11 is 0. The first kappa shape index (κ1) is 26.7. The molecule has 0 atom stereocenters. The molecule has 0 saturated carbocycles. The highest BCUT2D eigenvalue weighted by Gasteiger charge is 2.08. The topological polar surface area (TPSA) is 82.9 Å². The molecular weight excluding hydrogens is 434 g/mol. The molecule has 190 valence electrons. The highest BCUT2D eigenvalue weighted by Crippen LogP contribution is 2.16. The zero-order valence-corrected chi connectivity index (χ0v) is 21.1. The number of aromatic nitrogens is 3. The van der Waals surface area contributed by atoms with Crippen LogP contribution in [0.3, 0.4) is 0 Å². The number of hydrogen-bond donors (Lipinski definition) is 1. The minimum atomic E-state index is 0.428. The molecule has 1 N–H and O–H groups in total. The van der Waals surface area contributed by atoms with Gasteiger partial charge in [0, 0.05) is 32.7 Å². The Hall–Kier alpha value is -1.88. The third-order valence-electron chi connectivity index (χ3n) is 6.04. The maximum absolute atomic E-state index is 5.65. The Morgan fingerprint density at radius 2 is 1.41 bits per heavy atom. The summed E-state index contributed by atoms with van der Waals surface area (Å²) in [5.74, 6) is 0. The largest absolute Gasteiger partial charge is 0.378 e. The Bertz CT molecular complexity index is 815. The zero-order valence-electron chi connectivity index (χ0n) is 21.1. The molecule has 0 amide bonds. The van der Waals surface area contributed by atoms with Crippen molar-refractivity contribution in [2.45, 2.75) is 33.9 Å². The predicted octanol–water partition coefficient (Wildman–Crippen LogP) is 1.72. The van der Waals surface area contributed by atoms with Crippen molar-refractivity contribution in [3.05, 3.63) is 46.3 Å². The molecule has 2 aromatic rings. The van der Waals surface area contributed by atoms with Crippen LogP contribution in [0.25, 0.3) is 0 Å². The van der Waals surface area contributed by atoms with Gasteiger partial charge in [-0.1, -0.05) is 17.3 Å². The maximum atomic E-state index is 5.65. The van der Waals surface area contributed by atoms with Gasteiger partial charge in [-0.2, -0.15) is 0 Å². The molecule has 0 aliphatic carbocycles. The van der Waals surface area contributed by atoms with E-state index in [9.17, 15) is 0 Å². The molecule has 0 spiro atoms. The van der Waals surface area contributed by atoms with Crippen LogP contribution in [0.4, 0.5) is 0 Å². The number of hydrogen-bond acceptors (Lipinski definition) is 8. The third-order valence-corrected chi connectivity index (χ3v) is 6.04. The summed E-state index contributed by atoms with van der Waals surface area (Å²) in [6, 6.07) is 4.42. The monoisotopic (exact) mass is 475 g/mol. The van der Waals surface area contributed by atoms with Gasteiger partial charge in [0.25, 0.3) is 0 Å². The number of piperazine rings is 1. The number of ether oxygens (including phenoxy) is 4. The molecule has 1 aliphatic rings. The molecule has 34 heavy (non-hydrogen) atoms. The average Bonchev–Trinajstić information content (AvgIpc) is 3.28. The van der Waals surface area contributed by atoms with Crippen molar-refractivity contribution in [2.24, 2.45) is 0 Å². The van der Waals surface area contributed by atoms with E-state index in [1.807, 2.05) is 10.9 Å². The first-order valence-corrected chi connectivity index (χ1v) is 12.3. The highest BCUT2D eigenvalue weighted by molar-refractivity contribution is 5.36. The fraction of sp³-hybridized carbons (Fsp3) is 0.680. The lowest BCUT2D eigenvalue weighted by Gasteiger charge is -2.26. The average molecular weight is 476 g/mol. The van der Waals surface area contributed by atoms with Crippen LogP contribution in [0.1, 0.15) is 27.9 Å². The SMILES string of the molecule is Cc1cc(Cn2cc(COCCOCCOCCOCCN3CCNCC3)nn2)cc(C)c1C. The van der Waals surface area contributed by atoms with Gasteiger partial charge < -0.3 is 24.3 Å². The third kappa shape index (κ3) is 9.77. The second-order valence-electron chi connectivity index (χ2n) is 8.74. The van der Waals surface area contributed by atoms with E-state index in [0.717, 1.165) is 45.0 Å². The summed E-state index contributed by atoms with van der Waals surface area (Å²) in [6.45, 7) is 17.1. The van der Waals surface area contributed by atoms with E-state index in [1.54, 1.807) is 0 Å². The summed E-state index contributed by atoms with van der Waals surface area (Å²) in [7, 11) is 0. The Morgan fingerprint density at radius 1 is 0.824 bits per heavy atom. The predicted molar refractivity (Wildman–Crippen MR) is 131 cm³/mol. The van der Waals surface area contributed by atoms with Gasteiger partial charge in [0.15, 0.2) is 0 Å². The molecular formula is C25H41N5O4. The molecule has 0 unspecified atom stereocenters. The van der Waals surface area contributed by atoms with E-state index in [1.165, 1.54) is 22.3 Å². The van der Waals surface area contributed by atoms with Gasteiger partial charge in [-0.25, -0.2) is 4.68 Å². The van der Waals surface area contributed by atoms with E-state index in [4.69, 9.17) is 18.9 Å². The van der Waals surface area contributed by atoms with E-state index in [0.29, 0.717) is 52.8 Å². The van der Waals surface area contributed by atoms with Crippen molar-refractivity contribution in [1.82, 2.24) is 25.2 Å². The van der Waals surface area contributed by atoms with Gasteiger partial charge in [-0.05, 0) is 43.0 Å². The fourth-order valence-corrected chi connectivity index (χ4v) is 3.85. The molecule has 1 saturated heterocycles. The van der Waals surface area contributed by atoms with Crippen molar-refractivity contribution >= 4 is 0 Å². The van der Waals surface area contributed by atoms with E-state index >= 15 is 0 Å². The number of benzene rings is 1. The number of rotatable bonds is 16. The van der Waals surface area contributed by atoms with Crippen LogP contribution in [0.15, 0.2) is 18.3 Å². The van der Waals surface area contributed by atoms with Crippen LogP contribution in [0, 0.1) is 20.8 Å². The molecule has 0 bridgehead atoms. The van der Waals surface area contributed by atoms with Gasteiger partial charge in [0.05, 0.1) is 65.6 Å². The number of nitrogens with zero attached hydrogens (tertiary/aromatic N) is 4. The molecule has 1 aromatic carbocycles. The van der Waals surface area contributed by atoms with Crippen LogP contribution in [-0.4, -0.2) is 98.9 Å². The van der Waals surface area contributed by atoms with Crippen molar-refractivity contribution in [3.63, 3.8) is 0 Å². The van der Waals surface area contributed by atoms with E-state index in [2.05, 4.69) is 53.4 Å². The van der Waals surface area contributed by atoms with Crippen molar-refractivity contribution < 1.29 is 18.9 Å². The van der Waals surface area contributed by atoms with Crippen LogP contribution in [0.2, 0.25) is 0 Å². The second-order valence-corrected chi connectivity index (χ2v) is 8.74. The lowest BCUT2D eigenvalue weighted by Crippen LogP contribution is -2.44. The van der Waals surface area contributed by atoms with Crippen LogP contribution in [0.5, 0.6) is 0 Å². The van der Waals surface area contributed by atoms with E-state index in [-0.39, 0.29) is 0 Å². The Morgan fingerprint density at radius 3 is 2.06 bits per heavy atom. The Kier molecular flexibility index (Phi) is 11.9. The fourth-order valence-electron chi connectivity index (χ4n) is 3.85. The van der Waals surface area contributed by atoms with Gasteiger partial charge in [0.2, 0.25) is 0 Å². The van der Waals surface area contributed by atoms with Gasteiger partial charge in [-0.15, -0.1) is 5.10 Å². The van der Waals surface area contributed by atoms with E-state index < -0.39 is 0 Å². The second kappa shape index (κ2) is 15.2. The summed E-state index contributed by atoms with van der Waals surface area (Å²) < 4.78 is 24.2. The standard InChI is InChI=1S/C25H41N5O4/c1-21-16-24(17-22(2)23(21)3)18-30-19-25(27-28-30)20-34-15-14-33-13-12-32-11-10-31-9-8-29-6-4-26-5-7-29/h16-17,19,26H,4-15,18,20H2,1-3H3. The van der Waals surface area contributed by atoms with Crippen molar-refractivity contribution in [3.8, 4) is 0 Å². The minimum Gasteiger partial charge on any atom is -0.378 e. The van der Waals surface area contributed by atoms with Crippen LogP contribution in [-0.2, 0) is 32.1 Å². The molecule has 9 heteroatoms. The van der Waals surface area contributed by atoms with Crippen LogP contribution >= 0.6 is 0 Å². The molecule has 1 aliphatic heterocycles. The first-order chi connectivity index (χ1) is 16.6. The van der Waals surface area contributed by atoms with Crippen molar-refractivity contribution in [1.29, 1.82) is 0 Å². The molecule has 2 heterocycles. The Labute approximate surface area is 203 Å². The quantitative estimate of drug-likeness (QED) is 0.368. The summed E-state index contributed by atoms with van der Waals surface area (Å²) in [6.07, 6.45) is 1.94. The summed E-state index contributed by atoms with van der Waals surface area (Å²) in [5.41, 5.74) is 6.00. The number of aryl methyl sites for hydroxylation is 2. The first-order valence-electron chi connectivity index (χ1n) is 12.3. The molecule has 9 nitrogen and oxygen atoms in total. The Balaban J connectivity index is 1.14. The molecule has 0 radical (unpaired) electrons. The molecule has 1 aromatic heterocycles. The van der Waals surface area contributed by atoms with Crippen molar-refractivity contribution in [2.75, 3.05) is 79.0 Å². The van der Waals surface area contributed by atoms with Crippen LogP contribution < -0.4 is 5.32 Å². The maximum Gasteiger partial charge on any atom is 0.108 e. The van der Waals surface area contributed by atoms with Gasteiger partial charge >= 0.3 is 0 Å².